The topological polar surface area (TPSA) is 63.1 Å². The molecule has 0 saturated carbocycles. The standard InChI is InChI=1S/C19H23N5OS/c1-14-12-26-19(21-14)22-18(25)11-23-8-6-15(7-9-23)10-24-13-20-16-4-2-3-5-17(16)24/h2-5,12-13,15H,6-11H2,1H3,(H,21,22,25). The Kier molecular flexibility index (Phi) is 4.99. The van der Waals surface area contributed by atoms with Crippen LogP contribution >= 0.6 is 11.3 Å². The third kappa shape index (κ3) is 3.94. The minimum atomic E-state index is 0.0263. The number of hydrogen-bond donors (Lipinski definition) is 1. The highest BCUT2D eigenvalue weighted by molar-refractivity contribution is 7.13. The molecule has 0 bridgehead atoms. The van der Waals surface area contributed by atoms with Crippen LogP contribution < -0.4 is 5.32 Å². The predicted octanol–water partition coefficient (Wildman–Crippen LogP) is 3.15. The molecule has 1 saturated heterocycles. The SMILES string of the molecule is Cc1csc(NC(=O)CN2CCC(Cn3cnc4ccccc43)CC2)n1. The van der Waals surface area contributed by atoms with Crippen LogP contribution in [0.3, 0.4) is 0 Å². The Morgan fingerprint density at radius 2 is 2.12 bits per heavy atom. The zero-order chi connectivity index (χ0) is 17.9. The summed E-state index contributed by atoms with van der Waals surface area (Å²) in [6.07, 6.45) is 4.16. The molecule has 2 aromatic heterocycles. The molecule has 1 N–H and O–H groups in total. The first-order chi connectivity index (χ1) is 12.7. The van der Waals surface area contributed by atoms with E-state index in [1.54, 1.807) is 0 Å². The minimum Gasteiger partial charge on any atom is -0.330 e. The molecule has 4 rings (SSSR count). The molecule has 0 radical (unpaired) electrons. The van der Waals surface area contributed by atoms with Crippen LogP contribution in [0.15, 0.2) is 36.0 Å². The van der Waals surface area contributed by atoms with Gasteiger partial charge in [0.1, 0.15) is 0 Å². The number of fused-ring (bicyclic) bond motifs is 1. The van der Waals surface area contributed by atoms with Crippen LogP contribution in [0.2, 0.25) is 0 Å². The van der Waals surface area contributed by atoms with Crippen LogP contribution in [0.1, 0.15) is 18.5 Å². The van der Waals surface area contributed by atoms with Gasteiger partial charge >= 0.3 is 0 Å². The van der Waals surface area contributed by atoms with Gasteiger partial charge in [-0.3, -0.25) is 9.69 Å². The normalized spacial score (nSPS) is 16.2. The summed E-state index contributed by atoms with van der Waals surface area (Å²) in [5, 5.41) is 5.53. The third-order valence-electron chi connectivity index (χ3n) is 4.92. The Morgan fingerprint density at radius 1 is 1.31 bits per heavy atom. The molecule has 0 unspecified atom stereocenters. The van der Waals surface area contributed by atoms with Crippen LogP contribution in [0.4, 0.5) is 5.13 Å². The lowest BCUT2D eigenvalue weighted by Gasteiger charge is -2.31. The maximum atomic E-state index is 12.2. The quantitative estimate of drug-likeness (QED) is 0.750. The van der Waals surface area contributed by atoms with Gasteiger partial charge in [0.25, 0.3) is 0 Å². The highest BCUT2D eigenvalue weighted by atomic mass is 32.1. The van der Waals surface area contributed by atoms with E-state index in [0.717, 1.165) is 43.7 Å². The summed E-state index contributed by atoms with van der Waals surface area (Å²) in [6, 6.07) is 8.26. The van der Waals surface area contributed by atoms with E-state index >= 15 is 0 Å². The number of carbonyl (C=O) groups is 1. The van der Waals surface area contributed by atoms with E-state index in [1.165, 1.54) is 16.9 Å². The number of carbonyl (C=O) groups excluding carboxylic acids is 1. The number of para-hydroxylation sites is 2. The highest BCUT2D eigenvalue weighted by Gasteiger charge is 2.22. The Labute approximate surface area is 156 Å². The number of nitrogens with zero attached hydrogens (tertiary/aromatic N) is 4. The summed E-state index contributed by atoms with van der Waals surface area (Å²) in [7, 11) is 0. The first-order valence-corrected chi connectivity index (χ1v) is 9.89. The molecule has 0 spiro atoms. The van der Waals surface area contributed by atoms with Crippen molar-refractivity contribution in [2.24, 2.45) is 5.92 Å². The van der Waals surface area contributed by atoms with Crippen molar-refractivity contribution in [3.8, 4) is 0 Å². The molecule has 7 heteroatoms. The average Bonchev–Trinajstić information content (AvgIpc) is 3.23. The molecule has 1 aromatic carbocycles. The van der Waals surface area contributed by atoms with E-state index in [4.69, 9.17) is 0 Å². The van der Waals surface area contributed by atoms with Crippen molar-refractivity contribution in [3.63, 3.8) is 0 Å². The fourth-order valence-corrected chi connectivity index (χ4v) is 4.24. The zero-order valence-electron chi connectivity index (χ0n) is 14.9. The number of benzene rings is 1. The number of piperidine rings is 1. The molecule has 3 heterocycles. The monoisotopic (exact) mass is 369 g/mol. The summed E-state index contributed by atoms with van der Waals surface area (Å²) < 4.78 is 2.26. The number of hydrogen-bond acceptors (Lipinski definition) is 5. The predicted molar refractivity (Wildman–Crippen MR) is 104 cm³/mol. The molecular weight excluding hydrogens is 346 g/mol. The van der Waals surface area contributed by atoms with Gasteiger partial charge < -0.3 is 9.88 Å². The van der Waals surface area contributed by atoms with Crippen LogP contribution in [-0.2, 0) is 11.3 Å². The molecule has 0 aliphatic carbocycles. The van der Waals surface area contributed by atoms with E-state index in [1.807, 2.05) is 24.7 Å². The van der Waals surface area contributed by atoms with Crippen LogP contribution in [0.5, 0.6) is 0 Å². The summed E-state index contributed by atoms with van der Waals surface area (Å²) in [5.74, 6) is 0.659. The second-order valence-electron chi connectivity index (χ2n) is 6.95. The van der Waals surface area contributed by atoms with Crippen molar-refractivity contribution < 1.29 is 4.79 Å². The number of likely N-dealkylation sites (tertiary alicyclic amines) is 1. The third-order valence-corrected chi connectivity index (χ3v) is 5.80. The van der Waals surface area contributed by atoms with Crippen LogP contribution in [-0.4, -0.2) is 45.0 Å². The lowest BCUT2D eigenvalue weighted by atomic mass is 9.96. The van der Waals surface area contributed by atoms with Crippen molar-refractivity contribution in [2.75, 3.05) is 25.0 Å². The fourth-order valence-electron chi connectivity index (χ4n) is 3.53. The van der Waals surface area contributed by atoms with Crippen molar-refractivity contribution in [1.29, 1.82) is 0 Å². The molecule has 1 fully saturated rings. The van der Waals surface area contributed by atoms with E-state index in [9.17, 15) is 4.79 Å². The summed E-state index contributed by atoms with van der Waals surface area (Å²) >= 11 is 1.47. The number of imidazole rings is 1. The highest BCUT2D eigenvalue weighted by Crippen LogP contribution is 2.22. The number of nitrogens with one attached hydrogen (secondary N) is 1. The molecule has 1 aliphatic rings. The van der Waals surface area contributed by atoms with Gasteiger partial charge in [-0.05, 0) is 50.9 Å². The lowest BCUT2D eigenvalue weighted by Crippen LogP contribution is -2.39. The Morgan fingerprint density at radius 3 is 2.88 bits per heavy atom. The van der Waals surface area contributed by atoms with Gasteiger partial charge in [0.2, 0.25) is 5.91 Å². The number of rotatable bonds is 5. The Hall–Kier alpha value is -2.25. The second kappa shape index (κ2) is 7.55. The molecule has 1 amide bonds. The molecular formula is C19H23N5OS. The number of aromatic nitrogens is 3. The maximum Gasteiger partial charge on any atom is 0.240 e. The van der Waals surface area contributed by atoms with Crippen LogP contribution in [0, 0.1) is 12.8 Å². The van der Waals surface area contributed by atoms with Crippen molar-refractivity contribution in [3.05, 3.63) is 41.7 Å². The first kappa shape index (κ1) is 17.2. The number of amides is 1. The van der Waals surface area contributed by atoms with Gasteiger partial charge in [-0.25, -0.2) is 9.97 Å². The van der Waals surface area contributed by atoms with Crippen molar-refractivity contribution in [2.45, 2.75) is 26.3 Å². The van der Waals surface area contributed by atoms with Gasteiger partial charge in [0, 0.05) is 11.9 Å². The van der Waals surface area contributed by atoms with E-state index in [0.29, 0.717) is 17.6 Å². The fraction of sp³-hybridized carbons (Fsp3) is 0.421. The van der Waals surface area contributed by atoms with E-state index in [2.05, 4.69) is 43.0 Å². The first-order valence-electron chi connectivity index (χ1n) is 9.01. The van der Waals surface area contributed by atoms with Gasteiger partial charge in [-0.15, -0.1) is 11.3 Å². The molecule has 3 aromatic rings. The number of anilines is 1. The van der Waals surface area contributed by atoms with E-state index in [-0.39, 0.29) is 5.91 Å². The smallest absolute Gasteiger partial charge is 0.240 e. The van der Waals surface area contributed by atoms with Crippen molar-refractivity contribution in [1.82, 2.24) is 19.4 Å². The van der Waals surface area contributed by atoms with Crippen molar-refractivity contribution >= 4 is 33.4 Å². The number of aryl methyl sites for hydroxylation is 1. The molecule has 26 heavy (non-hydrogen) atoms. The zero-order valence-corrected chi connectivity index (χ0v) is 15.7. The number of thiazole rings is 1. The van der Waals surface area contributed by atoms with Gasteiger partial charge in [-0.2, -0.15) is 0 Å². The lowest BCUT2D eigenvalue weighted by molar-refractivity contribution is -0.117. The van der Waals surface area contributed by atoms with Crippen LogP contribution in [0.25, 0.3) is 11.0 Å². The Bertz CT molecular complexity index is 894. The van der Waals surface area contributed by atoms with Gasteiger partial charge in [0.15, 0.2) is 5.13 Å². The van der Waals surface area contributed by atoms with E-state index < -0.39 is 0 Å². The Balaban J connectivity index is 1.27. The molecule has 1 aliphatic heterocycles. The average molecular weight is 369 g/mol. The molecule has 136 valence electrons. The summed E-state index contributed by atoms with van der Waals surface area (Å²) in [5.41, 5.74) is 3.20. The second-order valence-corrected chi connectivity index (χ2v) is 7.81. The largest absolute Gasteiger partial charge is 0.330 e. The maximum absolute atomic E-state index is 12.2. The van der Waals surface area contributed by atoms with Gasteiger partial charge in [-0.1, -0.05) is 12.1 Å². The molecule has 0 atom stereocenters. The molecule has 6 nitrogen and oxygen atoms in total. The summed E-state index contributed by atoms with van der Waals surface area (Å²) in [6.45, 7) is 5.29. The minimum absolute atomic E-state index is 0.0263. The summed E-state index contributed by atoms with van der Waals surface area (Å²) in [4.78, 5) is 23.2. The van der Waals surface area contributed by atoms with Gasteiger partial charge in [0.05, 0.1) is 29.6 Å².